The van der Waals surface area contributed by atoms with Crippen molar-refractivity contribution >= 4 is 5.95 Å². The third-order valence-electron chi connectivity index (χ3n) is 5.27. The lowest BCUT2D eigenvalue weighted by atomic mass is 9.85. The minimum absolute atomic E-state index is 0.0218. The molecule has 2 N–H and O–H groups in total. The molecule has 1 atom stereocenters. The van der Waals surface area contributed by atoms with Crippen LogP contribution in [-0.4, -0.2) is 20.6 Å². The molecule has 3 rings (SSSR count). The number of nitrogens with one attached hydrogen (secondary N) is 2. The van der Waals surface area contributed by atoms with E-state index in [0.717, 1.165) is 25.7 Å². The van der Waals surface area contributed by atoms with Gasteiger partial charge in [0.2, 0.25) is 5.95 Å². The van der Waals surface area contributed by atoms with Crippen LogP contribution in [0.4, 0.5) is 5.95 Å². The van der Waals surface area contributed by atoms with Gasteiger partial charge in [0.1, 0.15) is 0 Å². The van der Waals surface area contributed by atoms with Crippen LogP contribution < -0.4 is 16.7 Å². The summed E-state index contributed by atoms with van der Waals surface area (Å²) in [5.41, 5.74) is -0.751. The van der Waals surface area contributed by atoms with Gasteiger partial charge in [-0.25, -0.2) is 14.2 Å². The molecule has 6 heteroatoms. The van der Waals surface area contributed by atoms with Gasteiger partial charge in [0, 0.05) is 12.1 Å². The van der Waals surface area contributed by atoms with Gasteiger partial charge in [0.05, 0.1) is 0 Å². The monoisotopic (exact) mass is 306 g/mol. The summed E-state index contributed by atoms with van der Waals surface area (Å²) in [5, 5.41) is 3.23. The highest BCUT2D eigenvalue weighted by molar-refractivity contribution is 5.23. The molecule has 22 heavy (non-hydrogen) atoms. The summed E-state index contributed by atoms with van der Waals surface area (Å²) in [6.07, 6.45) is 10.2. The molecule has 1 aromatic rings. The van der Waals surface area contributed by atoms with Crippen molar-refractivity contribution in [3.05, 3.63) is 21.0 Å². The molecule has 2 saturated carbocycles. The van der Waals surface area contributed by atoms with Gasteiger partial charge >= 0.3 is 11.4 Å². The van der Waals surface area contributed by atoms with Crippen molar-refractivity contribution < 1.29 is 0 Å². The molecule has 0 bridgehead atoms. The quantitative estimate of drug-likeness (QED) is 0.895. The van der Waals surface area contributed by atoms with Gasteiger partial charge in [0.15, 0.2) is 0 Å². The molecule has 122 valence electrons. The van der Waals surface area contributed by atoms with E-state index in [4.69, 9.17) is 0 Å². The van der Waals surface area contributed by atoms with E-state index in [1.807, 2.05) is 0 Å². The van der Waals surface area contributed by atoms with Crippen molar-refractivity contribution in [2.24, 2.45) is 5.92 Å². The zero-order valence-electron chi connectivity index (χ0n) is 13.3. The minimum Gasteiger partial charge on any atom is -0.353 e. The molecular weight excluding hydrogens is 280 g/mol. The number of hydrogen-bond acceptors (Lipinski definition) is 4. The zero-order valence-corrected chi connectivity index (χ0v) is 13.3. The summed E-state index contributed by atoms with van der Waals surface area (Å²) in [7, 11) is 0. The van der Waals surface area contributed by atoms with Crippen LogP contribution in [0.15, 0.2) is 9.59 Å². The highest BCUT2D eigenvalue weighted by Gasteiger charge is 2.23. The summed E-state index contributed by atoms with van der Waals surface area (Å²) < 4.78 is 1.30. The van der Waals surface area contributed by atoms with Gasteiger partial charge in [-0.3, -0.25) is 4.98 Å². The molecule has 1 heterocycles. The predicted octanol–water partition coefficient (Wildman–Crippen LogP) is 2.43. The third kappa shape index (κ3) is 3.25. The molecule has 0 aliphatic heterocycles. The first-order valence-corrected chi connectivity index (χ1v) is 8.64. The second kappa shape index (κ2) is 6.67. The van der Waals surface area contributed by atoms with Crippen molar-refractivity contribution in [2.45, 2.75) is 76.8 Å². The number of aromatic nitrogens is 3. The summed E-state index contributed by atoms with van der Waals surface area (Å²) in [6, 6.07) is 0.249. The zero-order chi connectivity index (χ0) is 15.5. The first-order chi connectivity index (χ1) is 10.6. The molecule has 0 aromatic carbocycles. The molecule has 0 radical (unpaired) electrons. The van der Waals surface area contributed by atoms with Gasteiger partial charge < -0.3 is 5.32 Å². The maximum atomic E-state index is 12.2. The second-order valence-electron chi connectivity index (χ2n) is 6.81. The van der Waals surface area contributed by atoms with E-state index in [2.05, 4.69) is 22.2 Å². The summed E-state index contributed by atoms with van der Waals surface area (Å²) in [6.45, 7) is 2.11. The maximum absolute atomic E-state index is 12.2. The smallest absolute Gasteiger partial charge is 0.353 e. The van der Waals surface area contributed by atoms with Crippen LogP contribution in [0, 0.1) is 5.92 Å². The number of rotatable bonds is 4. The molecule has 1 aromatic heterocycles. The first-order valence-electron chi connectivity index (χ1n) is 8.64. The van der Waals surface area contributed by atoms with Crippen molar-refractivity contribution in [2.75, 3.05) is 5.32 Å². The van der Waals surface area contributed by atoms with Gasteiger partial charge in [-0.05, 0) is 38.5 Å². The molecule has 0 unspecified atom stereocenters. The Balaban J connectivity index is 1.74. The lowest BCUT2D eigenvalue weighted by Crippen LogP contribution is -2.41. The highest BCUT2D eigenvalue weighted by atomic mass is 16.2. The fourth-order valence-corrected chi connectivity index (χ4v) is 3.95. The van der Waals surface area contributed by atoms with Gasteiger partial charge in [0.25, 0.3) is 0 Å². The van der Waals surface area contributed by atoms with Crippen molar-refractivity contribution in [3.8, 4) is 0 Å². The van der Waals surface area contributed by atoms with Crippen LogP contribution >= 0.6 is 0 Å². The van der Waals surface area contributed by atoms with E-state index in [1.54, 1.807) is 0 Å². The fraction of sp³-hybridized carbons (Fsp3) is 0.812. The Labute approximate surface area is 130 Å². The van der Waals surface area contributed by atoms with Crippen LogP contribution in [0.5, 0.6) is 0 Å². The van der Waals surface area contributed by atoms with Crippen LogP contribution in [0.25, 0.3) is 0 Å². The fourth-order valence-electron chi connectivity index (χ4n) is 3.95. The number of anilines is 1. The molecule has 0 spiro atoms. The van der Waals surface area contributed by atoms with Crippen LogP contribution in [-0.2, 0) is 0 Å². The van der Waals surface area contributed by atoms with E-state index in [1.165, 1.54) is 36.7 Å². The standard InChI is InChI=1S/C16H26N4O2/c1-11(12-7-3-2-4-8-12)17-14-18-15(21)20(16(22)19-14)13-9-5-6-10-13/h11-13H,2-10H2,1H3,(H2,17,18,19,21,22)/t11-/m0/s1. The van der Waals surface area contributed by atoms with E-state index in [-0.39, 0.29) is 17.8 Å². The van der Waals surface area contributed by atoms with Gasteiger partial charge in [-0.15, -0.1) is 0 Å². The Morgan fingerprint density at radius 1 is 1.09 bits per heavy atom. The highest BCUT2D eigenvalue weighted by Crippen LogP contribution is 2.28. The average Bonchev–Trinajstić information content (AvgIpc) is 3.01. The molecule has 0 saturated heterocycles. The van der Waals surface area contributed by atoms with Crippen molar-refractivity contribution in [3.63, 3.8) is 0 Å². The lowest BCUT2D eigenvalue weighted by molar-refractivity contribution is 0.327. The summed E-state index contributed by atoms with van der Waals surface area (Å²) in [5.74, 6) is 0.915. The second-order valence-corrected chi connectivity index (χ2v) is 6.81. The van der Waals surface area contributed by atoms with E-state index >= 15 is 0 Å². The predicted molar refractivity (Wildman–Crippen MR) is 86.3 cm³/mol. The Bertz CT molecular complexity index is 578. The molecule has 2 fully saturated rings. The molecular formula is C16H26N4O2. The lowest BCUT2D eigenvalue weighted by Gasteiger charge is -2.28. The van der Waals surface area contributed by atoms with Crippen LogP contribution in [0.2, 0.25) is 0 Å². The molecule has 2 aliphatic carbocycles. The van der Waals surface area contributed by atoms with Crippen molar-refractivity contribution in [1.29, 1.82) is 0 Å². The Hall–Kier alpha value is -1.59. The summed E-state index contributed by atoms with van der Waals surface area (Å²) >= 11 is 0. The SMILES string of the molecule is C[C@H](Nc1nc(=O)n(C2CCCC2)c(=O)[nH]1)C1CCCCC1. The van der Waals surface area contributed by atoms with Gasteiger partial charge in [-0.2, -0.15) is 4.98 Å². The van der Waals surface area contributed by atoms with E-state index in [0.29, 0.717) is 11.9 Å². The largest absolute Gasteiger partial charge is 0.355 e. The molecule has 2 aliphatic rings. The molecule has 0 amide bonds. The third-order valence-corrected chi connectivity index (χ3v) is 5.27. The minimum atomic E-state index is -0.422. The number of hydrogen-bond donors (Lipinski definition) is 2. The first kappa shape index (κ1) is 15.3. The Morgan fingerprint density at radius 3 is 2.36 bits per heavy atom. The Morgan fingerprint density at radius 2 is 1.73 bits per heavy atom. The number of aromatic amines is 1. The van der Waals surface area contributed by atoms with E-state index < -0.39 is 5.69 Å². The average molecular weight is 306 g/mol. The Kier molecular flexibility index (Phi) is 4.64. The number of H-pyrrole nitrogens is 1. The van der Waals surface area contributed by atoms with Gasteiger partial charge in [-0.1, -0.05) is 32.1 Å². The number of nitrogens with zero attached hydrogens (tertiary/aromatic N) is 2. The summed E-state index contributed by atoms with van der Waals surface area (Å²) in [4.78, 5) is 31.2. The maximum Gasteiger partial charge on any atom is 0.355 e. The van der Waals surface area contributed by atoms with Crippen molar-refractivity contribution in [1.82, 2.24) is 14.5 Å². The van der Waals surface area contributed by atoms with Crippen LogP contribution in [0.1, 0.15) is 70.8 Å². The molecule has 6 nitrogen and oxygen atoms in total. The topological polar surface area (TPSA) is 79.8 Å². The normalized spacial score (nSPS) is 21.9. The van der Waals surface area contributed by atoms with E-state index in [9.17, 15) is 9.59 Å². The van der Waals surface area contributed by atoms with Crippen LogP contribution in [0.3, 0.4) is 0 Å².